The van der Waals surface area contributed by atoms with Crippen LogP contribution in [-0.4, -0.2) is 4.92 Å². The van der Waals surface area contributed by atoms with Crippen LogP contribution < -0.4 is 0 Å². The lowest BCUT2D eigenvalue weighted by Crippen LogP contribution is -2.02. The molecule has 2 aromatic carbocycles. The Labute approximate surface area is 111 Å². The van der Waals surface area contributed by atoms with E-state index in [0.717, 1.165) is 17.5 Å². The van der Waals surface area contributed by atoms with Gasteiger partial charge in [-0.15, -0.1) is 0 Å². The zero-order valence-corrected chi connectivity index (χ0v) is 10.3. The van der Waals surface area contributed by atoms with Gasteiger partial charge in [0.05, 0.1) is 4.92 Å². The van der Waals surface area contributed by atoms with Crippen LogP contribution in [-0.2, 0) is 6.42 Å². The number of allylic oxidation sites excluding steroid dienone is 1. The predicted molar refractivity (Wildman–Crippen MR) is 75.0 cm³/mol. The summed E-state index contributed by atoms with van der Waals surface area (Å²) in [5, 5.41) is 11.1. The van der Waals surface area contributed by atoms with Gasteiger partial charge in [-0.2, -0.15) is 0 Å². The molecular weight excluding hydrogens is 238 g/mol. The first-order valence-electron chi connectivity index (χ1n) is 6.25. The second kappa shape index (κ2) is 4.69. The van der Waals surface area contributed by atoms with Crippen LogP contribution >= 0.6 is 0 Å². The second-order valence-electron chi connectivity index (χ2n) is 4.69. The van der Waals surface area contributed by atoms with E-state index in [4.69, 9.17) is 0 Å². The molecule has 1 aliphatic rings. The van der Waals surface area contributed by atoms with Crippen molar-refractivity contribution in [2.24, 2.45) is 0 Å². The van der Waals surface area contributed by atoms with E-state index in [-0.39, 0.29) is 16.5 Å². The van der Waals surface area contributed by atoms with E-state index in [1.54, 1.807) is 12.1 Å². The minimum absolute atomic E-state index is 0.0963. The zero-order valence-electron chi connectivity index (χ0n) is 10.3. The summed E-state index contributed by atoms with van der Waals surface area (Å²) in [6, 6.07) is 15.3. The number of fused-ring (bicyclic) bond motifs is 1. The smallest absolute Gasteiger partial charge is 0.258 e. The molecule has 3 rings (SSSR count). The van der Waals surface area contributed by atoms with Crippen molar-refractivity contribution in [1.82, 2.24) is 0 Å². The van der Waals surface area contributed by atoms with Gasteiger partial charge in [-0.05, 0) is 17.5 Å². The Morgan fingerprint density at radius 2 is 1.84 bits per heavy atom. The highest BCUT2D eigenvalue weighted by atomic mass is 16.6. The Kier molecular flexibility index (Phi) is 2.88. The average Bonchev–Trinajstić information content (AvgIpc) is 2.83. The molecule has 0 bridgehead atoms. The van der Waals surface area contributed by atoms with Gasteiger partial charge in [0.1, 0.15) is 0 Å². The number of hydrogen-bond acceptors (Lipinski definition) is 2. The molecule has 0 saturated heterocycles. The molecule has 0 aromatic heterocycles. The third kappa shape index (κ3) is 2.15. The van der Waals surface area contributed by atoms with Crippen molar-refractivity contribution in [1.29, 1.82) is 0 Å². The molecule has 3 heteroatoms. The van der Waals surface area contributed by atoms with Gasteiger partial charge in [-0.1, -0.05) is 54.6 Å². The minimum Gasteiger partial charge on any atom is -0.258 e. The highest BCUT2D eigenvalue weighted by Crippen LogP contribution is 2.38. The Balaban J connectivity index is 1.97. The maximum Gasteiger partial charge on any atom is 0.273 e. The average molecular weight is 251 g/mol. The van der Waals surface area contributed by atoms with Gasteiger partial charge in [0.25, 0.3) is 5.69 Å². The summed E-state index contributed by atoms with van der Waals surface area (Å²) in [6.45, 7) is 0. The Morgan fingerprint density at radius 3 is 2.58 bits per heavy atom. The lowest BCUT2D eigenvalue weighted by atomic mass is 9.92. The van der Waals surface area contributed by atoms with Crippen LogP contribution in [0.4, 0.5) is 5.69 Å². The standard InChI is InChI=1S/C16H13NO2/c18-17(19)15-8-4-7-13-9-10-14(16(13)15)11-12-5-2-1-3-6-12/h1-10,14H,11H2. The van der Waals surface area contributed by atoms with Crippen molar-refractivity contribution in [3.05, 3.63) is 81.4 Å². The van der Waals surface area contributed by atoms with E-state index < -0.39 is 0 Å². The van der Waals surface area contributed by atoms with Gasteiger partial charge >= 0.3 is 0 Å². The molecule has 1 aliphatic carbocycles. The molecule has 0 heterocycles. The lowest BCUT2D eigenvalue weighted by Gasteiger charge is -2.11. The van der Waals surface area contributed by atoms with Crippen LogP contribution in [0.2, 0.25) is 0 Å². The quantitative estimate of drug-likeness (QED) is 0.612. The fraction of sp³-hybridized carbons (Fsp3) is 0.125. The summed E-state index contributed by atoms with van der Waals surface area (Å²) < 4.78 is 0. The maximum atomic E-state index is 11.1. The van der Waals surface area contributed by atoms with Crippen LogP contribution in [0.15, 0.2) is 54.6 Å². The molecule has 2 aromatic rings. The molecule has 1 atom stereocenters. The fourth-order valence-corrected chi connectivity index (χ4v) is 2.63. The van der Waals surface area contributed by atoms with Crippen molar-refractivity contribution in [3.63, 3.8) is 0 Å². The van der Waals surface area contributed by atoms with E-state index in [2.05, 4.69) is 18.2 Å². The molecule has 0 radical (unpaired) electrons. The van der Waals surface area contributed by atoms with Gasteiger partial charge in [-0.25, -0.2) is 0 Å². The Bertz CT molecular complexity index is 647. The summed E-state index contributed by atoms with van der Waals surface area (Å²) in [5.41, 5.74) is 3.23. The van der Waals surface area contributed by atoms with Crippen molar-refractivity contribution >= 4 is 11.8 Å². The first-order valence-corrected chi connectivity index (χ1v) is 6.25. The molecule has 0 N–H and O–H groups in total. The summed E-state index contributed by atoms with van der Waals surface area (Å²) in [6.07, 6.45) is 4.84. The molecule has 0 amide bonds. The predicted octanol–water partition coefficient (Wildman–Crippen LogP) is 3.95. The van der Waals surface area contributed by atoms with Gasteiger partial charge < -0.3 is 0 Å². The zero-order chi connectivity index (χ0) is 13.2. The second-order valence-corrected chi connectivity index (χ2v) is 4.69. The van der Waals surface area contributed by atoms with Crippen LogP contribution in [0.3, 0.4) is 0 Å². The summed E-state index contributed by atoms with van der Waals surface area (Å²) >= 11 is 0. The molecule has 3 nitrogen and oxygen atoms in total. The first-order chi connectivity index (χ1) is 9.25. The van der Waals surface area contributed by atoms with Crippen LogP contribution in [0.5, 0.6) is 0 Å². The normalized spacial score (nSPS) is 16.3. The molecule has 0 spiro atoms. The number of hydrogen-bond donors (Lipinski definition) is 0. The third-order valence-electron chi connectivity index (χ3n) is 3.49. The minimum atomic E-state index is -0.288. The SMILES string of the molecule is O=[N+]([O-])c1cccc2c1C(Cc1ccccc1)C=C2. The number of nitrogens with zero attached hydrogens (tertiary/aromatic N) is 1. The van der Waals surface area contributed by atoms with Crippen molar-refractivity contribution in [2.75, 3.05) is 0 Å². The van der Waals surface area contributed by atoms with E-state index >= 15 is 0 Å². The molecule has 19 heavy (non-hydrogen) atoms. The highest BCUT2D eigenvalue weighted by Gasteiger charge is 2.26. The van der Waals surface area contributed by atoms with Gasteiger partial charge in [-0.3, -0.25) is 10.1 Å². The molecule has 1 unspecified atom stereocenters. The van der Waals surface area contributed by atoms with E-state index in [1.165, 1.54) is 5.56 Å². The summed E-state index contributed by atoms with van der Waals surface area (Å²) in [4.78, 5) is 10.8. The molecule has 0 fully saturated rings. The molecular formula is C16H13NO2. The largest absolute Gasteiger partial charge is 0.273 e. The lowest BCUT2D eigenvalue weighted by molar-refractivity contribution is -0.385. The molecule has 0 saturated carbocycles. The van der Waals surface area contributed by atoms with Crippen LogP contribution in [0, 0.1) is 10.1 Å². The number of benzene rings is 2. The van der Waals surface area contributed by atoms with Gasteiger partial charge in [0.2, 0.25) is 0 Å². The van der Waals surface area contributed by atoms with Gasteiger partial charge in [0.15, 0.2) is 0 Å². The summed E-state index contributed by atoms with van der Waals surface area (Å²) in [7, 11) is 0. The Morgan fingerprint density at radius 1 is 1.05 bits per heavy atom. The van der Waals surface area contributed by atoms with E-state index in [0.29, 0.717) is 0 Å². The number of nitro benzene ring substituents is 1. The Hall–Kier alpha value is -2.42. The van der Waals surface area contributed by atoms with Gasteiger partial charge in [0, 0.05) is 17.5 Å². The van der Waals surface area contributed by atoms with Crippen LogP contribution in [0.25, 0.3) is 6.08 Å². The maximum absolute atomic E-state index is 11.1. The number of rotatable bonds is 3. The molecule has 0 aliphatic heterocycles. The monoisotopic (exact) mass is 251 g/mol. The first kappa shape index (κ1) is 11.7. The van der Waals surface area contributed by atoms with Crippen molar-refractivity contribution < 1.29 is 4.92 Å². The van der Waals surface area contributed by atoms with E-state index in [1.807, 2.05) is 30.3 Å². The highest BCUT2D eigenvalue weighted by molar-refractivity contribution is 5.68. The van der Waals surface area contributed by atoms with Crippen LogP contribution in [0.1, 0.15) is 22.6 Å². The number of nitro groups is 1. The van der Waals surface area contributed by atoms with Crippen molar-refractivity contribution in [3.8, 4) is 0 Å². The third-order valence-corrected chi connectivity index (χ3v) is 3.49. The topological polar surface area (TPSA) is 43.1 Å². The molecule has 94 valence electrons. The summed E-state index contributed by atoms with van der Waals surface area (Å²) in [5.74, 6) is 0.0963. The fourth-order valence-electron chi connectivity index (χ4n) is 2.63. The van der Waals surface area contributed by atoms with Crippen molar-refractivity contribution in [2.45, 2.75) is 12.3 Å². The van der Waals surface area contributed by atoms with E-state index in [9.17, 15) is 10.1 Å².